The molecule has 0 bridgehead atoms. The second-order valence-electron chi connectivity index (χ2n) is 4.00. The number of nitrogens with zero attached hydrogens (tertiary/aromatic N) is 1. The molecule has 1 saturated carbocycles. The van der Waals surface area contributed by atoms with E-state index in [-0.39, 0.29) is 0 Å². The van der Waals surface area contributed by atoms with Gasteiger partial charge in [0.05, 0.1) is 0 Å². The second kappa shape index (κ2) is 3.55. The van der Waals surface area contributed by atoms with Gasteiger partial charge in [-0.1, -0.05) is 0 Å². The summed E-state index contributed by atoms with van der Waals surface area (Å²) in [5.41, 5.74) is 5.76. The molecule has 11 heavy (non-hydrogen) atoms. The lowest BCUT2D eigenvalue weighted by atomic mass is 10.2. The number of hydrogen-bond acceptors (Lipinski definition) is 2. The summed E-state index contributed by atoms with van der Waals surface area (Å²) in [6, 6.07) is 1.83. The predicted octanol–water partition coefficient (Wildman–Crippen LogP) is 1.21. The molecule has 66 valence electrons. The van der Waals surface area contributed by atoms with E-state index in [0.717, 1.165) is 12.6 Å². The minimum atomic E-state index is 0.318. The molecule has 0 aromatic rings. The molecule has 0 heterocycles. The minimum Gasteiger partial charge on any atom is -0.327 e. The summed E-state index contributed by atoms with van der Waals surface area (Å²) in [4.78, 5) is 2.52. The number of hydrogen-bond donors (Lipinski definition) is 1. The van der Waals surface area contributed by atoms with Gasteiger partial charge in [-0.05, 0) is 33.6 Å². The molecule has 0 radical (unpaired) electrons. The molecule has 0 aliphatic heterocycles. The van der Waals surface area contributed by atoms with Crippen molar-refractivity contribution in [2.75, 3.05) is 6.54 Å². The van der Waals surface area contributed by atoms with E-state index in [2.05, 4.69) is 25.7 Å². The number of rotatable bonds is 4. The largest absolute Gasteiger partial charge is 0.327 e. The van der Waals surface area contributed by atoms with Crippen molar-refractivity contribution < 1.29 is 0 Å². The van der Waals surface area contributed by atoms with E-state index in [1.807, 2.05) is 0 Å². The highest BCUT2D eigenvalue weighted by molar-refractivity contribution is 4.87. The third-order valence-electron chi connectivity index (χ3n) is 2.18. The molecule has 0 aromatic carbocycles. The van der Waals surface area contributed by atoms with Gasteiger partial charge in [-0.2, -0.15) is 0 Å². The van der Waals surface area contributed by atoms with Gasteiger partial charge in [0.25, 0.3) is 0 Å². The quantitative estimate of drug-likeness (QED) is 0.663. The van der Waals surface area contributed by atoms with Crippen LogP contribution in [-0.2, 0) is 0 Å². The van der Waals surface area contributed by atoms with Gasteiger partial charge in [-0.15, -0.1) is 0 Å². The summed E-state index contributed by atoms with van der Waals surface area (Å²) < 4.78 is 0. The van der Waals surface area contributed by atoms with Gasteiger partial charge in [0.15, 0.2) is 0 Å². The topological polar surface area (TPSA) is 29.3 Å². The molecule has 1 aliphatic rings. The van der Waals surface area contributed by atoms with E-state index in [1.54, 1.807) is 0 Å². The Bertz CT molecular complexity index is 115. The van der Waals surface area contributed by atoms with Gasteiger partial charge in [0.1, 0.15) is 0 Å². The maximum atomic E-state index is 5.76. The molecular formula is C9H20N2. The van der Waals surface area contributed by atoms with Gasteiger partial charge >= 0.3 is 0 Å². The first-order valence-electron chi connectivity index (χ1n) is 4.62. The van der Waals surface area contributed by atoms with Crippen molar-refractivity contribution in [2.45, 2.75) is 51.7 Å². The monoisotopic (exact) mass is 156 g/mol. The molecule has 1 fully saturated rings. The molecule has 2 heteroatoms. The SMILES string of the molecule is CC(N)CN(C(C)C)C1CC1. The predicted molar refractivity (Wildman–Crippen MR) is 48.5 cm³/mol. The standard InChI is InChI=1S/C9H20N2/c1-7(2)11(6-8(3)10)9-4-5-9/h7-9H,4-6,10H2,1-3H3. The molecule has 0 spiro atoms. The zero-order valence-electron chi connectivity index (χ0n) is 7.88. The first-order chi connectivity index (χ1) is 5.11. The van der Waals surface area contributed by atoms with Crippen LogP contribution in [0.4, 0.5) is 0 Å². The van der Waals surface area contributed by atoms with E-state index in [1.165, 1.54) is 12.8 Å². The normalized spacial score (nSPS) is 21.3. The highest BCUT2D eigenvalue weighted by Gasteiger charge is 2.30. The summed E-state index contributed by atoms with van der Waals surface area (Å²) in [5, 5.41) is 0. The summed E-state index contributed by atoms with van der Waals surface area (Å²) in [7, 11) is 0. The lowest BCUT2D eigenvalue weighted by Gasteiger charge is -2.27. The third kappa shape index (κ3) is 2.80. The van der Waals surface area contributed by atoms with Crippen LogP contribution in [0, 0.1) is 0 Å². The van der Waals surface area contributed by atoms with E-state index < -0.39 is 0 Å². The van der Waals surface area contributed by atoms with Crippen LogP contribution in [0.5, 0.6) is 0 Å². The van der Waals surface area contributed by atoms with Crippen molar-refractivity contribution in [3.63, 3.8) is 0 Å². The van der Waals surface area contributed by atoms with Crippen LogP contribution in [0.25, 0.3) is 0 Å². The van der Waals surface area contributed by atoms with Crippen molar-refractivity contribution in [1.29, 1.82) is 0 Å². The smallest absolute Gasteiger partial charge is 0.0139 e. The Morgan fingerprint density at radius 1 is 1.36 bits per heavy atom. The van der Waals surface area contributed by atoms with Crippen molar-refractivity contribution in [3.8, 4) is 0 Å². The van der Waals surface area contributed by atoms with Crippen molar-refractivity contribution in [2.24, 2.45) is 5.73 Å². The molecule has 1 aliphatic carbocycles. The Labute approximate surface area is 69.8 Å². The van der Waals surface area contributed by atoms with Crippen LogP contribution < -0.4 is 5.73 Å². The van der Waals surface area contributed by atoms with Gasteiger partial charge in [-0.25, -0.2) is 0 Å². The van der Waals surface area contributed by atoms with E-state index >= 15 is 0 Å². The van der Waals surface area contributed by atoms with Crippen LogP contribution in [-0.4, -0.2) is 29.6 Å². The van der Waals surface area contributed by atoms with Crippen molar-refractivity contribution in [1.82, 2.24) is 4.90 Å². The average Bonchev–Trinajstić information content (AvgIpc) is 2.63. The van der Waals surface area contributed by atoms with Crippen LogP contribution in [0.2, 0.25) is 0 Å². The van der Waals surface area contributed by atoms with Gasteiger partial charge in [0, 0.05) is 24.7 Å². The Morgan fingerprint density at radius 2 is 1.91 bits per heavy atom. The van der Waals surface area contributed by atoms with Gasteiger partial charge in [-0.3, -0.25) is 4.90 Å². The first kappa shape index (κ1) is 9.01. The Kier molecular flexibility index (Phi) is 2.90. The van der Waals surface area contributed by atoms with Crippen LogP contribution in [0.1, 0.15) is 33.6 Å². The fraction of sp³-hybridized carbons (Fsp3) is 1.00. The Hall–Kier alpha value is -0.0800. The van der Waals surface area contributed by atoms with E-state index in [9.17, 15) is 0 Å². The van der Waals surface area contributed by atoms with Crippen LogP contribution in [0.3, 0.4) is 0 Å². The van der Waals surface area contributed by atoms with E-state index in [4.69, 9.17) is 5.73 Å². The van der Waals surface area contributed by atoms with Gasteiger partial charge in [0.2, 0.25) is 0 Å². The summed E-state index contributed by atoms with van der Waals surface area (Å²) >= 11 is 0. The van der Waals surface area contributed by atoms with Crippen molar-refractivity contribution >= 4 is 0 Å². The molecule has 1 atom stereocenters. The molecule has 2 nitrogen and oxygen atoms in total. The lowest BCUT2D eigenvalue weighted by Crippen LogP contribution is -2.41. The lowest BCUT2D eigenvalue weighted by molar-refractivity contribution is 0.201. The first-order valence-corrected chi connectivity index (χ1v) is 4.62. The zero-order chi connectivity index (χ0) is 8.43. The highest BCUT2D eigenvalue weighted by atomic mass is 15.2. The third-order valence-corrected chi connectivity index (χ3v) is 2.18. The van der Waals surface area contributed by atoms with Crippen LogP contribution in [0.15, 0.2) is 0 Å². The maximum absolute atomic E-state index is 5.76. The fourth-order valence-corrected chi connectivity index (χ4v) is 1.52. The van der Waals surface area contributed by atoms with E-state index in [0.29, 0.717) is 12.1 Å². The molecule has 1 unspecified atom stereocenters. The zero-order valence-corrected chi connectivity index (χ0v) is 7.88. The number of nitrogens with two attached hydrogens (primary N) is 1. The molecule has 0 saturated heterocycles. The Morgan fingerprint density at radius 3 is 2.18 bits per heavy atom. The summed E-state index contributed by atoms with van der Waals surface area (Å²) in [6.45, 7) is 7.64. The van der Waals surface area contributed by atoms with Gasteiger partial charge < -0.3 is 5.73 Å². The minimum absolute atomic E-state index is 0.318. The second-order valence-corrected chi connectivity index (χ2v) is 4.00. The molecule has 2 N–H and O–H groups in total. The molecule has 0 amide bonds. The molecular weight excluding hydrogens is 136 g/mol. The maximum Gasteiger partial charge on any atom is 0.0139 e. The summed E-state index contributed by atoms with van der Waals surface area (Å²) in [5.74, 6) is 0. The summed E-state index contributed by atoms with van der Waals surface area (Å²) in [6.07, 6.45) is 2.76. The fourth-order valence-electron chi connectivity index (χ4n) is 1.52. The molecule has 1 rings (SSSR count). The Balaban J connectivity index is 2.32. The average molecular weight is 156 g/mol. The van der Waals surface area contributed by atoms with Crippen molar-refractivity contribution in [3.05, 3.63) is 0 Å². The highest BCUT2D eigenvalue weighted by Crippen LogP contribution is 2.28. The molecule has 0 aromatic heterocycles. The van der Waals surface area contributed by atoms with Crippen LogP contribution >= 0.6 is 0 Å².